The predicted molar refractivity (Wildman–Crippen MR) is 94.1 cm³/mol. The second kappa shape index (κ2) is 6.52. The molecule has 0 aliphatic heterocycles. The fourth-order valence-electron chi connectivity index (χ4n) is 2.34. The van der Waals surface area contributed by atoms with Gasteiger partial charge in [0, 0.05) is 21.0 Å². The number of hydrogen-bond acceptors (Lipinski definition) is 3. The predicted octanol–water partition coefficient (Wildman–Crippen LogP) is 5.07. The van der Waals surface area contributed by atoms with Crippen molar-refractivity contribution in [3.05, 3.63) is 64.0 Å². The number of aromatic nitrogens is 1. The maximum absolute atomic E-state index is 11.2. The van der Waals surface area contributed by atoms with Gasteiger partial charge in [-0.05, 0) is 25.1 Å². The number of halogens is 1. The highest BCUT2D eigenvalue weighted by atomic mass is 35.5. The first-order valence-corrected chi connectivity index (χ1v) is 8.27. The third-order valence-electron chi connectivity index (χ3n) is 3.39. The zero-order valence-electron chi connectivity index (χ0n) is 12.4. The Morgan fingerprint density at radius 3 is 2.57 bits per heavy atom. The van der Waals surface area contributed by atoms with Gasteiger partial charge in [0.05, 0.1) is 12.1 Å². The van der Waals surface area contributed by atoms with Crippen molar-refractivity contribution in [2.45, 2.75) is 13.3 Å². The smallest absolute Gasteiger partial charge is 0.308 e. The average molecular weight is 344 g/mol. The highest BCUT2D eigenvalue weighted by Crippen LogP contribution is 2.35. The van der Waals surface area contributed by atoms with Crippen molar-refractivity contribution in [3.63, 3.8) is 0 Å². The fourth-order valence-corrected chi connectivity index (χ4v) is 3.54. The van der Waals surface area contributed by atoms with Crippen molar-refractivity contribution in [2.75, 3.05) is 0 Å². The van der Waals surface area contributed by atoms with Gasteiger partial charge in [-0.3, -0.25) is 4.79 Å². The molecule has 1 heterocycles. The third kappa shape index (κ3) is 3.60. The van der Waals surface area contributed by atoms with E-state index >= 15 is 0 Å². The normalized spacial score (nSPS) is 10.7. The maximum atomic E-state index is 11.2. The fraction of sp³-hybridized carbons (Fsp3) is 0.111. The van der Waals surface area contributed by atoms with Crippen LogP contribution in [0.1, 0.15) is 10.4 Å². The second-order valence-electron chi connectivity index (χ2n) is 5.24. The number of aryl methyl sites for hydroxylation is 1. The van der Waals surface area contributed by atoms with Gasteiger partial charge in [0.2, 0.25) is 0 Å². The summed E-state index contributed by atoms with van der Waals surface area (Å²) < 4.78 is 0. The standard InChI is InChI=1S/C18H14ClNO2S/c1-11-3-2-4-13(9-11)18-20-17(15(23-18)10-16(21)22)12-5-7-14(19)8-6-12/h2-9H,10H2,1H3,(H,21,22). The van der Waals surface area contributed by atoms with Crippen LogP contribution in [0.5, 0.6) is 0 Å². The molecule has 3 rings (SSSR count). The summed E-state index contributed by atoms with van der Waals surface area (Å²) in [7, 11) is 0. The van der Waals surface area contributed by atoms with Crippen LogP contribution in [0.25, 0.3) is 21.8 Å². The maximum Gasteiger partial charge on any atom is 0.308 e. The van der Waals surface area contributed by atoms with Gasteiger partial charge in [-0.1, -0.05) is 47.5 Å². The summed E-state index contributed by atoms with van der Waals surface area (Å²) in [6.07, 6.45) is -0.0402. The van der Waals surface area contributed by atoms with Crippen molar-refractivity contribution >= 4 is 28.9 Å². The number of rotatable bonds is 4. The second-order valence-corrected chi connectivity index (χ2v) is 6.76. The summed E-state index contributed by atoms with van der Waals surface area (Å²) >= 11 is 7.35. The first-order valence-electron chi connectivity index (χ1n) is 7.07. The molecule has 23 heavy (non-hydrogen) atoms. The van der Waals surface area contributed by atoms with E-state index in [4.69, 9.17) is 16.7 Å². The highest BCUT2D eigenvalue weighted by molar-refractivity contribution is 7.15. The van der Waals surface area contributed by atoms with Crippen LogP contribution in [0.3, 0.4) is 0 Å². The van der Waals surface area contributed by atoms with Gasteiger partial charge in [0.25, 0.3) is 0 Å². The molecule has 0 saturated heterocycles. The molecule has 1 aromatic heterocycles. The molecule has 0 fully saturated rings. The van der Waals surface area contributed by atoms with E-state index in [9.17, 15) is 4.79 Å². The van der Waals surface area contributed by atoms with Crippen LogP contribution < -0.4 is 0 Å². The molecule has 0 spiro atoms. The van der Waals surface area contributed by atoms with Gasteiger partial charge in [-0.2, -0.15) is 0 Å². The Labute approximate surface area is 143 Å². The summed E-state index contributed by atoms with van der Waals surface area (Å²) in [5, 5.41) is 10.6. The van der Waals surface area contributed by atoms with Crippen LogP contribution in [-0.2, 0) is 11.2 Å². The molecular weight excluding hydrogens is 330 g/mol. The van der Waals surface area contributed by atoms with Crippen molar-refractivity contribution in [1.82, 2.24) is 4.98 Å². The van der Waals surface area contributed by atoms with Gasteiger partial charge in [-0.25, -0.2) is 4.98 Å². The van der Waals surface area contributed by atoms with Crippen LogP contribution in [0.2, 0.25) is 5.02 Å². The minimum atomic E-state index is -0.861. The SMILES string of the molecule is Cc1cccc(-c2nc(-c3ccc(Cl)cc3)c(CC(=O)O)s2)c1. The number of hydrogen-bond donors (Lipinski definition) is 1. The molecule has 3 aromatic rings. The van der Waals surface area contributed by atoms with E-state index in [0.717, 1.165) is 26.6 Å². The molecule has 116 valence electrons. The summed E-state index contributed by atoms with van der Waals surface area (Å²) in [5.74, 6) is -0.861. The van der Waals surface area contributed by atoms with E-state index in [1.54, 1.807) is 12.1 Å². The number of carboxylic acids is 1. The minimum Gasteiger partial charge on any atom is -0.481 e. The van der Waals surface area contributed by atoms with E-state index in [2.05, 4.69) is 11.1 Å². The van der Waals surface area contributed by atoms with Gasteiger partial charge < -0.3 is 5.11 Å². The van der Waals surface area contributed by atoms with Gasteiger partial charge in [-0.15, -0.1) is 11.3 Å². The Morgan fingerprint density at radius 2 is 1.91 bits per heavy atom. The molecule has 2 aromatic carbocycles. The van der Waals surface area contributed by atoms with Crippen molar-refractivity contribution in [2.24, 2.45) is 0 Å². The molecular formula is C18H14ClNO2S. The molecule has 3 nitrogen and oxygen atoms in total. The Morgan fingerprint density at radius 1 is 1.17 bits per heavy atom. The lowest BCUT2D eigenvalue weighted by molar-refractivity contribution is -0.136. The summed E-state index contributed by atoms with van der Waals surface area (Å²) in [4.78, 5) is 16.6. The van der Waals surface area contributed by atoms with E-state index in [-0.39, 0.29) is 6.42 Å². The molecule has 0 amide bonds. The summed E-state index contributed by atoms with van der Waals surface area (Å²) in [5.41, 5.74) is 3.73. The van der Waals surface area contributed by atoms with E-state index in [1.807, 2.05) is 37.3 Å². The largest absolute Gasteiger partial charge is 0.481 e. The zero-order valence-corrected chi connectivity index (χ0v) is 14.0. The molecule has 0 unspecified atom stereocenters. The topological polar surface area (TPSA) is 50.2 Å². The molecule has 0 atom stereocenters. The molecule has 0 radical (unpaired) electrons. The third-order valence-corrected chi connectivity index (χ3v) is 4.75. The zero-order chi connectivity index (χ0) is 16.4. The van der Waals surface area contributed by atoms with Gasteiger partial charge >= 0.3 is 5.97 Å². The van der Waals surface area contributed by atoms with Crippen LogP contribution in [0.15, 0.2) is 48.5 Å². The lowest BCUT2D eigenvalue weighted by Gasteiger charge is -2.00. The van der Waals surface area contributed by atoms with Crippen molar-refractivity contribution in [3.8, 4) is 21.8 Å². The molecule has 0 aliphatic carbocycles. The molecule has 0 bridgehead atoms. The van der Waals surface area contributed by atoms with Crippen LogP contribution in [-0.4, -0.2) is 16.1 Å². The van der Waals surface area contributed by atoms with Crippen LogP contribution in [0.4, 0.5) is 0 Å². The number of nitrogens with zero attached hydrogens (tertiary/aromatic N) is 1. The Bertz CT molecular complexity index is 856. The Kier molecular flexibility index (Phi) is 4.46. The monoisotopic (exact) mass is 343 g/mol. The molecule has 0 saturated carbocycles. The van der Waals surface area contributed by atoms with Gasteiger partial charge in [0.15, 0.2) is 0 Å². The van der Waals surface area contributed by atoms with Crippen molar-refractivity contribution in [1.29, 1.82) is 0 Å². The molecule has 0 aliphatic rings. The van der Waals surface area contributed by atoms with Crippen molar-refractivity contribution < 1.29 is 9.90 Å². The number of carbonyl (C=O) groups is 1. The lowest BCUT2D eigenvalue weighted by atomic mass is 10.1. The summed E-state index contributed by atoms with van der Waals surface area (Å²) in [6.45, 7) is 2.02. The highest BCUT2D eigenvalue weighted by Gasteiger charge is 2.16. The van der Waals surface area contributed by atoms with Gasteiger partial charge in [0.1, 0.15) is 5.01 Å². The first-order chi connectivity index (χ1) is 11.0. The van der Waals surface area contributed by atoms with E-state index in [1.165, 1.54) is 11.3 Å². The molecule has 1 N–H and O–H groups in total. The Balaban J connectivity index is 2.10. The number of carboxylic acid groups (broad SMARTS) is 1. The van der Waals surface area contributed by atoms with E-state index in [0.29, 0.717) is 10.7 Å². The number of aliphatic carboxylic acids is 1. The number of benzene rings is 2. The van der Waals surface area contributed by atoms with E-state index < -0.39 is 5.97 Å². The number of thiazole rings is 1. The van der Waals surface area contributed by atoms with Crippen LogP contribution >= 0.6 is 22.9 Å². The quantitative estimate of drug-likeness (QED) is 0.719. The van der Waals surface area contributed by atoms with Crippen LogP contribution in [0, 0.1) is 6.92 Å². The summed E-state index contributed by atoms with van der Waals surface area (Å²) in [6, 6.07) is 15.3. The Hall–Kier alpha value is -2.17. The average Bonchev–Trinajstić information content (AvgIpc) is 2.91. The minimum absolute atomic E-state index is 0.0402. The first kappa shape index (κ1) is 15.7. The molecule has 5 heteroatoms. The lowest BCUT2D eigenvalue weighted by Crippen LogP contribution is -1.99.